The Bertz CT molecular complexity index is 1950. The van der Waals surface area contributed by atoms with Crippen LogP contribution in [0, 0.1) is 13.8 Å². The molecule has 46 heavy (non-hydrogen) atoms. The van der Waals surface area contributed by atoms with Gasteiger partial charge in [0.1, 0.15) is 17.1 Å². The summed E-state index contributed by atoms with van der Waals surface area (Å²) in [7, 11) is 0. The second kappa shape index (κ2) is 13.7. The molecule has 236 valence electrons. The number of aliphatic hydroxyl groups excluding tert-OH is 1. The van der Waals surface area contributed by atoms with Crippen molar-refractivity contribution in [2.24, 2.45) is 0 Å². The number of thioether (sulfide) groups is 1. The number of carbonyl (C=O) groups excluding carboxylic acids is 2. The van der Waals surface area contributed by atoms with Gasteiger partial charge in [-0.3, -0.25) is 14.5 Å². The summed E-state index contributed by atoms with van der Waals surface area (Å²) < 4.78 is 8.51. The van der Waals surface area contributed by atoms with E-state index in [4.69, 9.17) is 21.3 Å². The highest BCUT2D eigenvalue weighted by Gasteiger charge is 2.49. The molecule has 9 nitrogen and oxygen atoms in total. The maximum Gasteiger partial charge on any atom is 0.301 e. The Balaban J connectivity index is 1.41. The first-order chi connectivity index (χ1) is 22.3. The lowest BCUT2D eigenvalue weighted by Crippen LogP contribution is -2.29. The average molecular weight is 674 g/mol. The van der Waals surface area contributed by atoms with E-state index in [-0.39, 0.29) is 22.2 Å². The van der Waals surface area contributed by atoms with Gasteiger partial charge in [-0.15, -0.1) is 10.2 Å². The highest BCUT2D eigenvalue weighted by molar-refractivity contribution is 8.00. The molecule has 3 aromatic heterocycles. The first-order valence-electron chi connectivity index (χ1n) is 15.0. The van der Waals surface area contributed by atoms with Crippen molar-refractivity contribution in [3.63, 3.8) is 0 Å². The fourth-order valence-corrected chi connectivity index (χ4v) is 7.37. The third-order valence-corrected chi connectivity index (χ3v) is 10.2. The maximum atomic E-state index is 13.8. The van der Waals surface area contributed by atoms with E-state index in [9.17, 15) is 14.7 Å². The second-order valence-electron chi connectivity index (χ2n) is 11.0. The summed E-state index contributed by atoms with van der Waals surface area (Å²) in [5.74, 6) is -0.741. The largest absolute Gasteiger partial charge is 0.505 e. The number of unbranched alkanes of at least 4 members (excludes halogenated alkanes) is 2. The predicted molar refractivity (Wildman–Crippen MR) is 182 cm³/mol. The first-order valence-corrected chi connectivity index (χ1v) is 17.1. The standard InChI is InChI=1S/C34H32ClN5O4S2/c1-4-5-6-17-44-25-11-7-10-23(18-25)28-26(29(41)27-21(3)39-16-8-9-20(2)31(39)36-27)30(42)32(43)40(28)33-37-38-34(46-33)45-19-22-12-14-24(35)15-13-22/h7-16,18,28,41H,4-6,17,19H2,1-3H3. The number of aromatic nitrogens is 4. The van der Waals surface area contributed by atoms with E-state index in [1.807, 2.05) is 79.0 Å². The van der Waals surface area contributed by atoms with Gasteiger partial charge in [-0.2, -0.15) is 0 Å². The molecule has 2 aromatic carbocycles. The number of imidazole rings is 1. The molecule has 5 aromatic rings. The molecule has 1 atom stereocenters. The molecule has 0 saturated carbocycles. The number of benzene rings is 2. The molecule has 1 N–H and O–H groups in total. The maximum absolute atomic E-state index is 13.8. The van der Waals surface area contributed by atoms with Crippen LogP contribution in [0.15, 0.2) is 76.8 Å². The van der Waals surface area contributed by atoms with Crippen molar-refractivity contribution in [1.29, 1.82) is 0 Å². The number of pyridine rings is 1. The van der Waals surface area contributed by atoms with Gasteiger partial charge in [-0.25, -0.2) is 4.98 Å². The molecule has 1 aliphatic rings. The number of hydrogen-bond acceptors (Lipinski definition) is 9. The molecule has 4 heterocycles. The number of carbonyl (C=O) groups is 2. The van der Waals surface area contributed by atoms with Crippen LogP contribution in [-0.2, 0) is 15.3 Å². The fraction of sp³-hybridized carbons (Fsp3) is 0.265. The van der Waals surface area contributed by atoms with Gasteiger partial charge < -0.3 is 14.2 Å². The lowest BCUT2D eigenvalue weighted by atomic mass is 9.96. The van der Waals surface area contributed by atoms with Crippen molar-refractivity contribution >= 4 is 62.9 Å². The van der Waals surface area contributed by atoms with Crippen LogP contribution in [0.5, 0.6) is 5.75 Å². The second-order valence-corrected chi connectivity index (χ2v) is 13.6. The number of aryl methyl sites for hydroxylation is 2. The van der Waals surface area contributed by atoms with Crippen LogP contribution in [0.1, 0.15) is 60.3 Å². The number of fused-ring (bicyclic) bond motifs is 1. The summed E-state index contributed by atoms with van der Waals surface area (Å²) in [6.45, 7) is 6.42. The van der Waals surface area contributed by atoms with E-state index in [2.05, 4.69) is 17.1 Å². The predicted octanol–water partition coefficient (Wildman–Crippen LogP) is 7.94. The van der Waals surface area contributed by atoms with Crippen molar-refractivity contribution in [3.8, 4) is 5.75 Å². The van der Waals surface area contributed by atoms with Gasteiger partial charge >= 0.3 is 5.91 Å². The Morgan fingerprint density at radius 3 is 2.63 bits per heavy atom. The minimum absolute atomic E-state index is 0.0668. The topological polar surface area (TPSA) is 110 Å². The van der Waals surface area contributed by atoms with Gasteiger partial charge in [0.25, 0.3) is 5.78 Å². The van der Waals surface area contributed by atoms with Gasteiger partial charge in [-0.1, -0.05) is 84.8 Å². The van der Waals surface area contributed by atoms with E-state index in [1.165, 1.54) is 28.0 Å². The summed E-state index contributed by atoms with van der Waals surface area (Å²) in [6.07, 6.45) is 4.88. The molecule has 0 radical (unpaired) electrons. The third kappa shape index (κ3) is 6.27. The lowest BCUT2D eigenvalue weighted by Gasteiger charge is -2.23. The van der Waals surface area contributed by atoms with Gasteiger partial charge in [0.2, 0.25) is 5.13 Å². The van der Waals surface area contributed by atoms with Crippen LogP contribution >= 0.6 is 34.7 Å². The zero-order valence-electron chi connectivity index (χ0n) is 25.6. The number of Topliss-reactive ketones (excluding diaryl/α,β-unsaturated/α-hetero) is 1. The fourth-order valence-electron chi connectivity index (χ4n) is 5.42. The van der Waals surface area contributed by atoms with Crippen molar-refractivity contribution in [1.82, 2.24) is 19.6 Å². The summed E-state index contributed by atoms with van der Waals surface area (Å²) in [5.41, 5.74) is 4.03. The highest BCUT2D eigenvalue weighted by Crippen LogP contribution is 2.45. The minimum atomic E-state index is -0.980. The lowest BCUT2D eigenvalue weighted by molar-refractivity contribution is -0.132. The average Bonchev–Trinajstić information content (AvgIpc) is 3.74. The minimum Gasteiger partial charge on any atom is -0.505 e. The monoisotopic (exact) mass is 673 g/mol. The third-order valence-electron chi connectivity index (χ3n) is 7.82. The highest BCUT2D eigenvalue weighted by atomic mass is 35.5. The van der Waals surface area contributed by atoms with E-state index < -0.39 is 17.7 Å². The van der Waals surface area contributed by atoms with Gasteiger partial charge in [0.05, 0.1) is 23.9 Å². The smallest absolute Gasteiger partial charge is 0.301 e. The van der Waals surface area contributed by atoms with Gasteiger partial charge in [0.15, 0.2) is 10.1 Å². The molecule has 0 spiro atoms. The number of aliphatic hydroxyl groups is 1. The molecule has 12 heteroatoms. The van der Waals surface area contributed by atoms with Crippen LogP contribution in [-0.4, -0.2) is 43.0 Å². The Labute approximate surface area is 279 Å². The van der Waals surface area contributed by atoms with E-state index in [0.29, 0.717) is 44.4 Å². The Hall–Kier alpha value is -4.19. The molecule has 1 fully saturated rings. The van der Waals surface area contributed by atoms with Crippen LogP contribution in [0.3, 0.4) is 0 Å². The van der Waals surface area contributed by atoms with E-state index in [1.54, 1.807) is 6.07 Å². The number of anilines is 1. The SMILES string of the molecule is CCCCCOc1cccc(C2C(=C(O)c3nc4c(C)cccn4c3C)C(=O)C(=O)N2c2nnc(SCc3ccc(Cl)cc3)s2)c1. The zero-order valence-corrected chi connectivity index (χ0v) is 28.0. The number of rotatable bonds is 11. The zero-order chi connectivity index (χ0) is 32.4. The molecule has 0 bridgehead atoms. The number of ketones is 1. The molecule has 0 aliphatic carbocycles. The molecule has 1 saturated heterocycles. The summed E-state index contributed by atoms with van der Waals surface area (Å²) in [6, 6.07) is 17.7. The molecule has 1 aliphatic heterocycles. The van der Waals surface area contributed by atoms with Crippen LogP contribution < -0.4 is 9.64 Å². The number of nitrogens with zero attached hydrogens (tertiary/aromatic N) is 5. The van der Waals surface area contributed by atoms with E-state index in [0.717, 1.165) is 30.4 Å². The molecular weight excluding hydrogens is 642 g/mol. The van der Waals surface area contributed by atoms with Crippen molar-refractivity contribution in [2.45, 2.75) is 56.2 Å². The van der Waals surface area contributed by atoms with Crippen LogP contribution in [0.4, 0.5) is 5.13 Å². The molecule has 1 unspecified atom stereocenters. The number of hydrogen-bond donors (Lipinski definition) is 1. The van der Waals surface area contributed by atoms with Gasteiger partial charge in [-0.05, 0) is 67.3 Å². The Morgan fingerprint density at radius 2 is 1.87 bits per heavy atom. The van der Waals surface area contributed by atoms with Crippen LogP contribution in [0.2, 0.25) is 5.02 Å². The first kappa shape index (κ1) is 31.8. The quantitative estimate of drug-likeness (QED) is 0.0376. The number of ether oxygens (including phenoxy) is 1. The Kier molecular flexibility index (Phi) is 9.44. The number of halogens is 1. The number of amides is 1. The summed E-state index contributed by atoms with van der Waals surface area (Å²) in [4.78, 5) is 33.6. The van der Waals surface area contributed by atoms with Crippen molar-refractivity contribution in [3.05, 3.63) is 106 Å². The molecular formula is C34H32ClN5O4S2. The van der Waals surface area contributed by atoms with E-state index >= 15 is 0 Å². The van der Waals surface area contributed by atoms with Crippen molar-refractivity contribution in [2.75, 3.05) is 11.5 Å². The summed E-state index contributed by atoms with van der Waals surface area (Å²) >= 11 is 8.70. The Morgan fingerprint density at radius 1 is 1.07 bits per heavy atom. The molecule has 6 rings (SSSR count). The van der Waals surface area contributed by atoms with Crippen molar-refractivity contribution < 1.29 is 19.4 Å². The summed E-state index contributed by atoms with van der Waals surface area (Å²) in [5, 5.41) is 21.4. The van der Waals surface area contributed by atoms with Crippen LogP contribution in [0.25, 0.3) is 11.4 Å². The normalized spacial score (nSPS) is 16.1. The molecule has 1 amide bonds. The van der Waals surface area contributed by atoms with Gasteiger partial charge in [0, 0.05) is 17.0 Å².